The first-order valence-corrected chi connectivity index (χ1v) is 9.75. The van der Waals surface area contributed by atoms with Crippen molar-refractivity contribution in [3.05, 3.63) is 88.5 Å². The van der Waals surface area contributed by atoms with E-state index in [0.29, 0.717) is 11.4 Å². The van der Waals surface area contributed by atoms with Gasteiger partial charge in [-0.3, -0.25) is 14.4 Å². The van der Waals surface area contributed by atoms with Crippen LogP contribution in [0.1, 0.15) is 51.8 Å². The van der Waals surface area contributed by atoms with E-state index in [1.165, 1.54) is 31.4 Å². The molecule has 10 heteroatoms. The largest absolute Gasteiger partial charge is 0.545 e. The molecule has 0 aromatic heterocycles. The summed E-state index contributed by atoms with van der Waals surface area (Å²) in [6.45, 7) is 0. The van der Waals surface area contributed by atoms with E-state index in [0.717, 1.165) is 23.1 Å². The molecule has 0 spiro atoms. The Labute approximate surface area is 192 Å². The van der Waals surface area contributed by atoms with Crippen LogP contribution in [0.4, 0.5) is 11.4 Å². The number of ether oxygens (including phenoxy) is 1. The number of nitrogens with zero attached hydrogens (tertiary/aromatic N) is 1. The van der Waals surface area contributed by atoms with Crippen LogP contribution in [-0.4, -0.2) is 36.8 Å². The lowest BCUT2D eigenvalue weighted by Gasteiger charge is -2.14. The van der Waals surface area contributed by atoms with Gasteiger partial charge in [0.2, 0.25) is 0 Å². The molecule has 0 fully saturated rings. The number of imide groups is 1. The number of rotatable bonds is 6. The number of aromatic carboxylic acids is 2. The second-order valence-corrected chi connectivity index (χ2v) is 7.24. The smallest absolute Gasteiger partial charge is 0.266 e. The summed E-state index contributed by atoms with van der Waals surface area (Å²) in [4.78, 5) is 61.8. The molecular weight excluding hydrogens is 444 g/mol. The number of hydrogen-bond acceptors (Lipinski definition) is 8. The van der Waals surface area contributed by atoms with Crippen molar-refractivity contribution in [2.75, 3.05) is 17.3 Å². The van der Waals surface area contributed by atoms with E-state index in [9.17, 15) is 34.2 Å². The summed E-state index contributed by atoms with van der Waals surface area (Å²) < 4.78 is 5.13. The van der Waals surface area contributed by atoms with Gasteiger partial charge in [0.05, 0.1) is 35.9 Å². The Morgan fingerprint density at radius 3 is 2.06 bits per heavy atom. The molecule has 10 nitrogen and oxygen atoms in total. The maximum Gasteiger partial charge on any atom is 0.266 e. The molecule has 0 atom stereocenters. The lowest BCUT2D eigenvalue weighted by molar-refractivity contribution is -0.255. The average molecular weight is 458 g/mol. The predicted octanol–water partition coefficient (Wildman–Crippen LogP) is 0.475. The lowest BCUT2D eigenvalue weighted by Crippen LogP contribution is -2.29. The highest BCUT2D eigenvalue weighted by Gasteiger charge is 2.37. The molecule has 3 aromatic carbocycles. The van der Waals surface area contributed by atoms with Gasteiger partial charge in [0.25, 0.3) is 17.7 Å². The second-order valence-electron chi connectivity index (χ2n) is 7.24. The molecule has 1 aliphatic rings. The summed E-state index contributed by atoms with van der Waals surface area (Å²) in [5.41, 5.74) is -0.693. The highest BCUT2D eigenvalue weighted by Crippen LogP contribution is 2.31. The van der Waals surface area contributed by atoms with Crippen LogP contribution in [0, 0.1) is 0 Å². The molecule has 0 saturated carbocycles. The van der Waals surface area contributed by atoms with Crippen molar-refractivity contribution in [1.82, 2.24) is 0 Å². The van der Waals surface area contributed by atoms with Crippen molar-refractivity contribution in [3.63, 3.8) is 0 Å². The van der Waals surface area contributed by atoms with Crippen molar-refractivity contribution < 1.29 is 38.9 Å². The van der Waals surface area contributed by atoms with Gasteiger partial charge in [0.1, 0.15) is 5.75 Å². The zero-order valence-electron chi connectivity index (χ0n) is 17.5. The topological polar surface area (TPSA) is 156 Å². The summed E-state index contributed by atoms with van der Waals surface area (Å²) >= 11 is 0. The molecule has 3 amide bonds. The minimum Gasteiger partial charge on any atom is -0.545 e. The van der Waals surface area contributed by atoms with Crippen molar-refractivity contribution in [1.29, 1.82) is 0 Å². The van der Waals surface area contributed by atoms with Crippen LogP contribution >= 0.6 is 0 Å². The first kappa shape index (κ1) is 22.2. The number of carbonyl (C=O) groups is 5. The normalized spacial score (nSPS) is 12.3. The monoisotopic (exact) mass is 458 g/mol. The summed E-state index contributed by atoms with van der Waals surface area (Å²) in [5, 5.41) is 24.7. The summed E-state index contributed by atoms with van der Waals surface area (Å²) in [6.07, 6.45) is 0. The van der Waals surface area contributed by atoms with Crippen LogP contribution in [-0.2, 0) is 0 Å². The SMILES string of the molecule is COc1cccc(N2C(=O)c3ccc(C(=O)Nc4cc(C(=O)[O-])cc(C(=O)[O-])c4)cc3C2=O)c1. The first-order chi connectivity index (χ1) is 16.2. The Hall–Kier alpha value is -4.99. The number of carbonyl (C=O) groups excluding carboxylic acids is 5. The third-order valence-electron chi connectivity index (χ3n) is 5.12. The highest BCUT2D eigenvalue weighted by molar-refractivity contribution is 6.34. The van der Waals surface area contributed by atoms with E-state index < -0.39 is 40.8 Å². The number of carboxylic acids is 2. The van der Waals surface area contributed by atoms with E-state index >= 15 is 0 Å². The Bertz CT molecular complexity index is 1360. The molecule has 4 rings (SSSR count). The average Bonchev–Trinajstić information content (AvgIpc) is 3.08. The molecule has 170 valence electrons. The molecule has 3 aromatic rings. The van der Waals surface area contributed by atoms with Crippen LogP contribution in [0.25, 0.3) is 0 Å². The molecule has 0 aliphatic carbocycles. The first-order valence-electron chi connectivity index (χ1n) is 9.75. The quantitative estimate of drug-likeness (QED) is 0.523. The van der Waals surface area contributed by atoms with E-state index in [2.05, 4.69) is 5.32 Å². The minimum absolute atomic E-state index is 0.000573. The Kier molecular flexibility index (Phi) is 5.56. The van der Waals surface area contributed by atoms with Gasteiger partial charge in [-0.05, 0) is 59.7 Å². The fourth-order valence-electron chi connectivity index (χ4n) is 3.50. The zero-order chi connectivity index (χ0) is 24.6. The van der Waals surface area contributed by atoms with E-state index in [1.54, 1.807) is 18.2 Å². The summed E-state index contributed by atoms with van der Waals surface area (Å²) in [7, 11) is 1.45. The molecule has 0 unspecified atom stereocenters. The van der Waals surface area contributed by atoms with Crippen molar-refractivity contribution in [2.24, 2.45) is 0 Å². The third-order valence-corrected chi connectivity index (χ3v) is 5.12. The molecule has 0 bridgehead atoms. The van der Waals surface area contributed by atoms with Crippen LogP contribution in [0.15, 0.2) is 60.7 Å². The number of benzene rings is 3. The number of methoxy groups -OCH3 is 1. The van der Waals surface area contributed by atoms with E-state index in [-0.39, 0.29) is 22.4 Å². The van der Waals surface area contributed by atoms with Gasteiger partial charge in [0, 0.05) is 17.3 Å². The van der Waals surface area contributed by atoms with Gasteiger partial charge in [-0.25, -0.2) is 4.90 Å². The molecule has 1 aliphatic heterocycles. The second kappa shape index (κ2) is 8.51. The number of nitrogens with one attached hydrogen (secondary N) is 1. The van der Waals surface area contributed by atoms with Gasteiger partial charge in [-0.15, -0.1) is 0 Å². The molecule has 34 heavy (non-hydrogen) atoms. The van der Waals surface area contributed by atoms with Crippen molar-refractivity contribution in [2.45, 2.75) is 0 Å². The van der Waals surface area contributed by atoms with Crippen LogP contribution in [0.2, 0.25) is 0 Å². The Morgan fingerprint density at radius 1 is 0.794 bits per heavy atom. The number of fused-ring (bicyclic) bond motifs is 1. The van der Waals surface area contributed by atoms with Gasteiger partial charge < -0.3 is 29.9 Å². The van der Waals surface area contributed by atoms with E-state index in [1.807, 2.05) is 0 Å². The molecule has 1 N–H and O–H groups in total. The number of carboxylic acid groups (broad SMARTS) is 2. The summed E-state index contributed by atoms with van der Waals surface area (Å²) in [5.74, 6) is -4.80. The Morgan fingerprint density at radius 2 is 1.44 bits per heavy atom. The number of amides is 3. The third kappa shape index (κ3) is 3.95. The van der Waals surface area contributed by atoms with Crippen molar-refractivity contribution >= 4 is 41.0 Å². The molecule has 0 radical (unpaired) electrons. The fraction of sp³-hybridized carbons (Fsp3) is 0.0417. The van der Waals surface area contributed by atoms with Crippen LogP contribution in [0.5, 0.6) is 5.75 Å². The fourth-order valence-corrected chi connectivity index (χ4v) is 3.50. The van der Waals surface area contributed by atoms with Crippen molar-refractivity contribution in [3.8, 4) is 5.75 Å². The maximum absolute atomic E-state index is 13.0. The van der Waals surface area contributed by atoms with Gasteiger partial charge in [0.15, 0.2) is 0 Å². The molecule has 0 saturated heterocycles. The Balaban J connectivity index is 1.64. The maximum atomic E-state index is 13.0. The predicted molar refractivity (Wildman–Crippen MR) is 114 cm³/mol. The van der Waals surface area contributed by atoms with Gasteiger partial charge in [-0.2, -0.15) is 0 Å². The number of anilines is 2. The van der Waals surface area contributed by atoms with Gasteiger partial charge >= 0.3 is 0 Å². The van der Waals surface area contributed by atoms with Crippen LogP contribution < -0.4 is 25.2 Å². The minimum atomic E-state index is -1.64. The van der Waals surface area contributed by atoms with Crippen LogP contribution in [0.3, 0.4) is 0 Å². The standard InChI is InChI=1S/C24H16N2O8/c1-34-17-4-2-3-16(11-17)26-21(28)18-6-5-12(10-19(18)22(26)29)20(27)25-15-8-13(23(30)31)7-14(9-15)24(32)33/h2-11H,1H3,(H,25,27)(H,30,31)(H,32,33)/p-2. The molecule has 1 heterocycles. The lowest BCUT2D eigenvalue weighted by atomic mass is 10.0. The highest BCUT2D eigenvalue weighted by atomic mass is 16.5. The number of hydrogen-bond donors (Lipinski definition) is 1. The van der Waals surface area contributed by atoms with E-state index in [4.69, 9.17) is 4.74 Å². The van der Waals surface area contributed by atoms with Gasteiger partial charge in [-0.1, -0.05) is 6.07 Å². The molecular formula is C24H14N2O8-2. The zero-order valence-corrected chi connectivity index (χ0v) is 17.5. The summed E-state index contributed by atoms with van der Waals surface area (Å²) in [6, 6.07) is 13.1.